The molecule has 2 rings (SSSR count). The number of sulfonamides is 1. The Hall–Kier alpha value is -1.80. The van der Waals surface area contributed by atoms with E-state index in [4.69, 9.17) is 0 Å². The smallest absolute Gasteiger partial charge is 0.243 e. The maximum Gasteiger partial charge on any atom is 0.243 e. The Morgan fingerprint density at radius 3 is 2.26 bits per heavy atom. The quantitative estimate of drug-likeness (QED) is 0.715. The molecule has 0 fully saturated rings. The molecule has 5 nitrogen and oxygen atoms in total. The highest BCUT2D eigenvalue weighted by Crippen LogP contribution is 2.20. The number of halogens is 1. The zero-order valence-electron chi connectivity index (χ0n) is 12.3. The SMILES string of the molecule is O=S(=O)(NC(CO)CC(O)c1ccccc1)c1ccccc1F. The van der Waals surface area contributed by atoms with Gasteiger partial charge in [-0.15, -0.1) is 0 Å². The first-order valence-corrected chi connectivity index (χ1v) is 8.53. The Balaban J connectivity index is 2.12. The number of benzene rings is 2. The number of aliphatic hydroxyl groups is 2. The van der Waals surface area contributed by atoms with E-state index in [1.165, 1.54) is 12.1 Å². The highest BCUT2D eigenvalue weighted by molar-refractivity contribution is 7.89. The lowest BCUT2D eigenvalue weighted by molar-refractivity contribution is 0.136. The van der Waals surface area contributed by atoms with Crippen LogP contribution < -0.4 is 4.72 Å². The van der Waals surface area contributed by atoms with Gasteiger partial charge >= 0.3 is 0 Å². The van der Waals surface area contributed by atoms with Crippen LogP contribution in [0.3, 0.4) is 0 Å². The normalized spacial score (nSPS) is 14.4. The van der Waals surface area contributed by atoms with Gasteiger partial charge in [-0.05, 0) is 24.1 Å². The number of nitrogens with one attached hydrogen (secondary N) is 1. The zero-order chi connectivity index (χ0) is 16.9. The largest absolute Gasteiger partial charge is 0.395 e. The van der Waals surface area contributed by atoms with Crippen LogP contribution in [-0.2, 0) is 10.0 Å². The molecule has 0 amide bonds. The zero-order valence-corrected chi connectivity index (χ0v) is 13.1. The van der Waals surface area contributed by atoms with Crippen LogP contribution in [0.5, 0.6) is 0 Å². The summed E-state index contributed by atoms with van der Waals surface area (Å²) < 4.78 is 40.3. The Labute approximate surface area is 134 Å². The van der Waals surface area contributed by atoms with E-state index < -0.39 is 39.5 Å². The van der Waals surface area contributed by atoms with Crippen LogP contribution in [0, 0.1) is 5.82 Å². The maximum atomic E-state index is 13.6. The van der Waals surface area contributed by atoms with Gasteiger partial charge in [0.1, 0.15) is 10.7 Å². The molecule has 124 valence electrons. The molecule has 0 aliphatic rings. The third kappa shape index (κ3) is 4.59. The van der Waals surface area contributed by atoms with Crippen molar-refractivity contribution < 1.29 is 23.0 Å². The second kappa shape index (κ2) is 7.65. The third-order valence-corrected chi connectivity index (χ3v) is 4.91. The van der Waals surface area contributed by atoms with E-state index in [9.17, 15) is 23.0 Å². The Morgan fingerprint density at radius 2 is 1.65 bits per heavy atom. The van der Waals surface area contributed by atoms with Crippen LogP contribution in [0.1, 0.15) is 18.1 Å². The lowest BCUT2D eigenvalue weighted by Gasteiger charge is -2.20. The van der Waals surface area contributed by atoms with E-state index >= 15 is 0 Å². The molecule has 2 unspecified atom stereocenters. The summed E-state index contributed by atoms with van der Waals surface area (Å²) in [7, 11) is -4.13. The van der Waals surface area contributed by atoms with Gasteiger partial charge in [0, 0.05) is 6.04 Å². The fourth-order valence-electron chi connectivity index (χ4n) is 2.19. The number of aliphatic hydroxyl groups excluding tert-OH is 2. The van der Waals surface area contributed by atoms with E-state index in [0.29, 0.717) is 5.56 Å². The molecule has 0 saturated carbocycles. The molecule has 0 aliphatic carbocycles. The van der Waals surface area contributed by atoms with Gasteiger partial charge in [-0.25, -0.2) is 17.5 Å². The Kier molecular flexibility index (Phi) is 5.84. The lowest BCUT2D eigenvalue weighted by atomic mass is 10.0. The van der Waals surface area contributed by atoms with Crippen LogP contribution in [0.4, 0.5) is 4.39 Å². The Morgan fingerprint density at radius 1 is 1.04 bits per heavy atom. The highest BCUT2D eigenvalue weighted by Gasteiger charge is 2.24. The van der Waals surface area contributed by atoms with E-state index in [-0.39, 0.29) is 6.42 Å². The van der Waals surface area contributed by atoms with Crippen LogP contribution in [-0.4, -0.2) is 31.3 Å². The predicted octanol–water partition coefficient (Wildman–Crippen LogP) is 1.59. The molecule has 23 heavy (non-hydrogen) atoms. The number of rotatable bonds is 7. The van der Waals surface area contributed by atoms with Crippen LogP contribution in [0.15, 0.2) is 59.5 Å². The number of hydrogen-bond acceptors (Lipinski definition) is 4. The minimum atomic E-state index is -4.13. The summed E-state index contributed by atoms with van der Waals surface area (Å²) in [5.74, 6) is -0.875. The van der Waals surface area contributed by atoms with Crippen molar-refractivity contribution in [2.24, 2.45) is 0 Å². The van der Waals surface area contributed by atoms with Crippen molar-refractivity contribution in [3.63, 3.8) is 0 Å². The summed E-state index contributed by atoms with van der Waals surface area (Å²) in [5.41, 5.74) is 0.607. The first kappa shape index (κ1) is 17.6. The molecule has 0 spiro atoms. The molecule has 3 N–H and O–H groups in total. The molecule has 0 heterocycles. The average Bonchev–Trinajstić information content (AvgIpc) is 2.55. The summed E-state index contributed by atoms with van der Waals surface area (Å²) in [6.07, 6.45) is -0.981. The molecular weight excluding hydrogens is 321 g/mol. The predicted molar refractivity (Wildman–Crippen MR) is 83.6 cm³/mol. The minimum absolute atomic E-state index is 0.0335. The number of hydrogen-bond donors (Lipinski definition) is 3. The van der Waals surface area contributed by atoms with E-state index in [0.717, 1.165) is 12.1 Å². The van der Waals surface area contributed by atoms with Crippen molar-refractivity contribution in [1.82, 2.24) is 4.72 Å². The van der Waals surface area contributed by atoms with Crippen molar-refractivity contribution in [1.29, 1.82) is 0 Å². The summed E-state index contributed by atoms with van der Waals surface area (Å²) >= 11 is 0. The van der Waals surface area contributed by atoms with Gasteiger partial charge in [0.25, 0.3) is 0 Å². The van der Waals surface area contributed by atoms with E-state index in [2.05, 4.69) is 4.72 Å². The van der Waals surface area contributed by atoms with E-state index in [1.54, 1.807) is 30.3 Å². The van der Waals surface area contributed by atoms with E-state index in [1.807, 2.05) is 0 Å². The molecule has 2 aromatic rings. The van der Waals surface area contributed by atoms with Gasteiger partial charge in [-0.1, -0.05) is 42.5 Å². The first-order chi connectivity index (χ1) is 10.9. The fraction of sp³-hybridized carbons (Fsp3) is 0.250. The molecule has 2 atom stereocenters. The molecule has 0 radical (unpaired) electrons. The van der Waals surface area contributed by atoms with Gasteiger partial charge in [-0.2, -0.15) is 0 Å². The topological polar surface area (TPSA) is 86.6 Å². The molecular formula is C16H18FNO4S. The maximum absolute atomic E-state index is 13.6. The van der Waals surface area contributed by atoms with Gasteiger partial charge < -0.3 is 10.2 Å². The monoisotopic (exact) mass is 339 g/mol. The Bertz CT molecular complexity index is 737. The molecule has 0 aromatic heterocycles. The van der Waals surface area contributed by atoms with Crippen LogP contribution in [0.2, 0.25) is 0 Å². The standard InChI is InChI=1S/C16H18FNO4S/c17-14-8-4-5-9-16(14)23(21,22)18-13(11-19)10-15(20)12-6-2-1-3-7-12/h1-9,13,15,18-20H,10-11H2. The van der Waals surface area contributed by atoms with Gasteiger partial charge in [0.05, 0.1) is 12.7 Å². The van der Waals surface area contributed by atoms with Crippen LogP contribution >= 0.6 is 0 Å². The molecule has 0 aliphatic heterocycles. The van der Waals surface area contributed by atoms with Gasteiger partial charge in [0.2, 0.25) is 10.0 Å². The third-order valence-electron chi connectivity index (χ3n) is 3.36. The van der Waals surface area contributed by atoms with Gasteiger partial charge in [0.15, 0.2) is 0 Å². The average molecular weight is 339 g/mol. The van der Waals surface area contributed by atoms with Crippen molar-refractivity contribution in [3.05, 3.63) is 66.0 Å². The summed E-state index contributed by atoms with van der Waals surface area (Å²) in [6.45, 7) is -0.516. The first-order valence-electron chi connectivity index (χ1n) is 7.05. The van der Waals surface area contributed by atoms with Crippen LogP contribution in [0.25, 0.3) is 0 Å². The molecule has 7 heteroatoms. The molecule has 0 bridgehead atoms. The summed E-state index contributed by atoms with van der Waals surface area (Å²) in [5, 5.41) is 19.5. The van der Waals surface area contributed by atoms with Crippen molar-refractivity contribution in [2.45, 2.75) is 23.5 Å². The van der Waals surface area contributed by atoms with Crippen molar-refractivity contribution in [3.8, 4) is 0 Å². The van der Waals surface area contributed by atoms with Crippen molar-refractivity contribution >= 4 is 10.0 Å². The van der Waals surface area contributed by atoms with Crippen molar-refractivity contribution in [2.75, 3.05) is 6.61 Å². The molecule has 0 saturated heterocycles. The minimum Gasteiger partial charge on any atom is -0.395 e. The summed E-state index contributed by atoms with van der Waals surface area (Å²) in [6, 6.07) is 12.7. The second-order valence-electron chi connectivity index (χ2n) is 5.09. The fourth-order valence-corrected chi connectivity index (χ4v) is 3.51. The molecule has 2 aromatic carbocycles. The van der Waals surface area contributed by atoms with Gasteiger partial charge in [-0.3, -0.25) is 0 Å². The second-order valence-corrected chi connectivity index (χ2v) is 6.78. The highest BCUT2D eigenvalue weighted by atomic mass is 32.2. The lowest BCUT2D eigenvalue weighted by Crippen LogP contribution is -2.38. The summed E-state index contributed by atoms with van der Waals surface area (Å²) in [4.78, 5) is -0.493.